The fraction of sp³-hybridized carbons (Fsp3) is 0.391. The van der Waals surface area contributed by atoms with Crippen LogP contribution in [0.5, 0.6) is 0 Å². The van der Waals surface area contributed by atoms with Gasteiger partial charge in [0.25, 0.3) is 0 Å². The fourth-order valence-electron chi connectivity index (χ4n) is 3.62. The number of guanidine groups is 1. The summed E-state index contributed by atoms with van der Waals surface area (Å²) in [5.41, 5.74) is 1.80. The zero-order valence-corrected chi connectivity index (χ0v) is 21.6. The Labute approximate surface area is 210 Å². The molecule has 0 bridgehead atoms. The predicted octanol–water partition coefficient (Wildman–Crippen LogP) is 4.07. The topological polar surface area (TPSA) is 74.9 Å². The van der Waals surface area contributed by atoms with Crippen molar-refractivity contribution in [2.45, 2.75) is 19.5 Å². The van der Waals surface area contributed by atoms with E-state index in [1.165, 1.54) is 9.75 Å². The second kappa shape index (κ2) is 12.3. The molecular formula is C23H30IN5O2S. The van der Waals surface area contributed by atoms with E-state index >= 15 is 0 Å². The lowest BCUT2D eigenvalue weighted by Crippen LogP contribution is -2.46. The summed E-state index contributed by atoms with van der Waals surface area (Å²) >= 11 is 1.85. The van der Waals surface area contributed by atoms with E-state index in [0.29, 0.717) is 12.4 Å². The Bertz CT molecular complexity index is 985. The molecule has 1 atom stereocenters. The third-order valence-corrected chi connectivity index (χ3v) is 6.37. The van der Waals surface area contributed by atoms with E-state index < -0.39 is 0 Å². The summed E-state index contributed by atoms with van der Waals surface area (Å²) in [4.78, 5) is 14.1. The molecule has 172 valence electrons. The normalized spacial score (nSPS) is 15.8. The van der Waals surface area contributed by atoms with Gasteiger partial charge in [-0.1, -0.05) is 18.2 Å². The number of hydrogen-bond donors (Lipinski definition) is 2. The van der Waals surface area contributed by atoms with Crippen molar-refractivity contribution >= 4 is 41.3 Å². The van der Waals surface area contributed by atoms with Crippen molar-refractivity contribution < 1.29 is 9.15 Å². The Hall–Kier alpha value is -1.95. The number of nitrogens with one attached hydrogen (secondary N) is 2. The van der Waals surface area contributed by atoms with Gasteiger partial charge < -0.3 is 19.8 Å². The van der Waals surface area contributed by atoms with Crippen molar-refractivity contribution in [1.29, 1.82) is 0 Å². The van der Waals surface area contributed by atoms with Crippen LogP contribution in [0.1, 0.15) is 21.5 Å². The van der Waals surface area contributed by atoms with E-state index in [9.17, 15) is 0 Å². The Kier molecular flexibility index (Phi) is 9.51. The molecule has 0 radical (unpaired) electrons. The van der Waals surface area contributed by atoms with Gasteiger partial charge in [-0.15, -0.1) is 35.3 Å². The third-order valence-electron chi connectivity index (χ3n) is 5.27. The predicted molar refractivity (Wildman–Crippen MR) is 140 cm³/mol. The number of nitrogens with zero attached hydrogens (tertiary/aromatic N) is 3. The number of hydrogen-bond acceptors (Lipinski definition) is 6. The van der Waals surface area contributed by atoms with Crippen molar-refractivity contribution in [3.63, 3.8) is 0 Å². The molecule has 7 nitrogen and oxygen atoms in total. The molecule has 3 aromatic rings. The maximum absolute atomic E-state index is 5.63. The first-order chi connectivity index (χ1) is 15.2. The largest absolute Gasteiger partial charge is 0.444 e. The minimum Gasteiger partial charge on any atom is -0.444 e. The highest BCUT2D eigenvalue weighted by atomic mass is 127. The minimum atomic E-state index is 0. The summed E-state index contributed by atoms with van der Waals surface area (Å²) < 4.78 is 11.2. The maximum atomic E-state index is 5.63. The second-order valence-corrected chi connectivity index (χ2v) is 8.75. The van der Waals surface area contributed by atoms with E-state index in [-0.39, 0.29) is 30.0 Å². The van der Waals surface area contributed by atoms with Crippen molar-refractivity contribution in [2.75, 3.05) is 39.9 Å². The molecule has 0 spiro atoms. The summed E-state index contributed by atoms with van der Waals surface area (Å²) in [5, 5.41) is 6.83. The van der Waals surface area contributed by atoms with Crippen molar-refractivity contribution in [2.24, 2.45) is 4.99 Å². The molecular weight excluding hydrogens is 537 g/mol. The number of morpholine rings is 1. The molecule has 0 aliphatic carbocycles. The smallest absolute Gasteiger partial charge is 0.226 e. The SMILES string of the molecule is CN=C(NCc1coc(-c2ccccc2)n1)NCC(c1ccc(C)s1)N1CCOCC1.I. The molecule has 0 saturated carbocycles. The van der Waals surface area contributed by atoms with Gasteiger partial charge in [0, 0.05) is 42.0 Å². The number of thiophene rings is 1. The molecule has 1 aliphatic rings. The van der Waals surface area contributed by atoms with Gasteiger partial charge in [-0.25, -0.2) is 4.98 Å². The third kappa shape index (κ3) is 6.53. The summed E-state index contributed by atoms with van der Waals surface area (Å²) in [7, 11) is 1.78. The molecule has 9 heteroatoms. The number of oxazole rings is 1. The Balaban J connectivity index is 0.00000289. The van der Waals surface area contributed by atoms with Crippen LogP contribution in [0.2, 0.25) is 0 Å². The van der Waals surface area contributed by atoms with Crippen LogP contribution in [-0.2, 0) is 11.3 Å². The Morgan fingerprint density at radius 3 is 2.62 bits per heavy atom. The number of benzene rings is 1. The lowest BCUT2D eigenvalue weighted by Gasteiger charge is -2.34. The molecule has 1 aromatic carbocycles. The minimum absolute atomic E-state index is 0. The van der Waals surface area contributed by atoms with Gasteiger partial charge in [-0.3, -0.25) is 9.89 Å². The molecule has 1 aliphatic heterocycles. The molecule has 2 N–H and O–H groups in total. The fourth-order valence-corrected chi connectivity index (χ4v) is 4.63. The van der Waals surface area contributed by atoms with Gasteiger partial charge >= 0.3 is 0 Å². The van der Waals surface area contributed by atoms with Gasteiger partial charge in [0.05, 0.1) is 31.5 Å². The summed E-state index contributed by atoms with van der Waals surface area (Å²) in [6.45, 7) is 6.91. The monoisotopic (exact) mass is 567 g/mol. The second-order valence-electron chi connectivity index (χ2n) is 7.43. The number of aliphatic imine (C=N–C) groups is 1. The van der Waals surface area contributed by atoms with Crippen LogP contribution in [-0.4, -0.2) is 55.7 Å². The number of ether oxygens (including phenoxy) is 1. The van der Waals surface area contributed by atoms with Crippen LogP contribution < -0.4 is 10.6 Å². The van der Waals surface area contributed by atoms with Gasteiger partial charge in [0.15, 0.2) is 5.96 Å². The summed E-state index contributed by atoms with van der Waals surface area (Å²) in [5.74, 6) is 1.37. The maximum Gasteiger partial charge on any atom is 0.226 e. The van der Waals surface area contributed by atoms with Crippen LogP contribution in [0.15, 0.2) is 58.1 Å². The average Bonchev–Trinajstić information content (AvgIpc) is 3.47. The van der Waals surface area contributed by atoms with Gasteiger partial charge in [-0.2, -0.15) is 0 Å². The first-order valence-corrected chi connectivity index (χ1v) is 11.4. The number of aromatic nitrogens is 1. The number of aryl methyl sites for hydroxylation is 1. The summed E-state index contributed by atoms with van der Waals surface area (Å²) in [6.07, 6.45) is 1.69. The van der Waals surface area contributed by atoms with Crippen molar-refractivity contribution in [3.05, 3.63) is 64.2 Å². The molecule has 1 fully saturated rings. The average molecular weight is 567 g/mol. The number of halogens is 1. The van der Waals surface area contributed by atoms with E-state index in [2.05, 4.69) is 44.6 Å². The van der Waals surface area contributed by atoms with Crippen molar-refractivity contribution in [1.82, 2.24) is 20.5 Å². The first kappa shape index (κ1) is 24.7. The highest BCUT2D eigenvalue weighted by molar-refractivity contribution is 14.0. The lowest BCUT2D eigenvalue weighted by molar-refractivity contribution is 0.0177. The zero-order chi connectivity index (χ0) is 21.5. The number of rotatable bonds is 7. The van der Waals surface area contributed by atoms with Crippen molar-refractivity contribution in [3.8, 4) is 11.5 Å². The molecule has 0 amide bonds. The van der Waals surface area contributed by atoms with Crippen LogP contribution in [0.4, 0.5) is 0 Å². The molecule has 1 saturated heterocycles. The Morgan fingerprint density at radius 2 is 1.94 bits per heavy atom. The van der Waals surface area contributed by atoms with E-state index in [0.717, 1.165) is 50.1 Å². The molecule has 1 unspecified atom stereocenters. The highest BCUT2D eigenvalue weighted by Crippen LogP contribution is 2.28. The zero-order valence-electron chi connectivity index (χ0n) is 18.4. The molecule has 32 heavy (non-hydrogen) atoms. The Morgan fingerprint density at radius 1 is 1.16 bits per heavy atom. The standard InChI is InChI=1S/C23H29N5O2S.HI/c1-17-8-9-21(31-17)20(28-10-12-29-13-11-28)15-26-23(24-2)25-14-19-16-30-22(27-19)18-6-4-3-5-7-18;/h3-9,16,20H,10-15H2,1-2H3,(H2,24,25,26);1H. The van der Waals surface area contributed by atoms with E-state index in [1.807, 2.05) is 41.7 Å². The van der Waals surface area contributed by atoms with Gasteiger partial charge in [0.2, 0.25) is 5.89 Å². The quantitative estimate of drug-likeness (QED) is 0.255. The van der Waals surface area contributed by atoms with Crippen LogP contribution in [0.25, 0.3) is 11.5 Å². The van der Waals surface area contributed by atoms with E-state index in [1.54, 1.807) is 13.3 Å². The first-order valence-electron chi connectivity index (χ1n) is 10.6. The molecule has 3 heterocycles. The van der Waals surface area contributed by atoms with Crippen LogP contribution in [0.3, 0.4) is 0 Å². The van der Waals surface area contributed by atoms with Gasteiger partial charge in [-0.05, 0) is 31.2 Å². The van der Waals surface area contributed by atoms with E-state index in [4.69, 9.17) is 9.15 Å². The molecule has 4 rings (SSSR count). The van der Waals surface area contributed by atoms with Crippen LogP contribution in [0, 0.1) is 6.92 Å². The van der Waals surface area contributed by atoms with Gasteiger partial charge in [0.1, 0.15) is 6.26 Å². The highest BCUT2D eigenvalue weighted by Gasteiger charge is 2.24. The lowest BCUT2D eigenvalue weighted by atomic mass is 10.2. The van der Waals surface area contributed by atoms with Crippen LogP contribution >= 0.6 is 35.3 Å². The molecule has 2 aromatic heterocycles. The summed E-state index contributed by atoms with van der Waals surface area (Å²) in [6, 6.07) is 14.6.